The highest BCUT2D eigenvalue weighted by Crippen LogP contribution is 2.09. The minimum absolute atomic E-state index is 0.663. The highest BCUT2D eigenvalue weighted by molar-refractivity contribution is 7.98. The monoisotopic (exact) mass is 171 g/mol. The largest absolute Gasteiger partial charge is 0.310 e. The zero-order chi connectivity index (χ0) is 7.94. The molecule has 0 amide bonds. The Hall–Kier alpha value is 0.0500. The Balaban J connectivity index is 2.05. The molecule has 0 spiro atoms. The molecule has 11 heavy (non-hydrogen) atoms. The maximum absolute atomic E-state index is 3.51. The molecule has 2 heteroatoms. The lowest BCUT2D eigenvalue weighted by atomic mass is 10.0. The number of hydrogen-bond donors (Lipinski definition) is 1. The van der Waals surface area contributed by atoms with Crippen molar-refractivity contribution in [2.75, 3.05) is 18.6 Å². The Morgan fingerprint density at radius 3 is 3.18 bits per heavy atom. The summed E-state index contributed by atoms with van der Waals surface area (Å²) in [6.45, 7) is 1.15. The van der Waals surface area contributed by atoms with Crippen LogP contribution in [0.4, 0.5) is 0 Å². The van der Waals surface area contributed by atoms with Crippen LogP contribution in [0, 0.1) is 0 Å². The second kappa shape index (κ2) is 5.67. The van der Waals surface area contributed by atoms with Gasteiger partial charge in [0.05, 0.1) is 0 Å². The topological polar surface area (TPSA) is 12.0 Å². The van der Waals surface area contributed by atoms with Gasteiger partial charge in [-0.25, -0.2) is 0 Å². The predicted octanol–water partition coefficient (Wildman–Crippen LogP) is 2.05. The van der Waals surface area contributed by atoms with Gasteiger partial charge in [-0.1, -0.05) is 12.2 Å². The smallest absolute Gasteiger partial charge is 0.0250 e. The Kier molecular flexibility index (Phi) is 4.71. The average molecular weight is 171 g/mol. The van der Waals surface area contributed by atoms with Crippen molar-refractivity contribution >= 4 is 11.8 Å². The molecule has 0 saturated heterocycles. The van der Waals surface area contributed by atoms with Gasteiger partial charge in [0.15, 0.2) is 0 Å². The molecule has 0 aromatic rings. The molecule has 0 bridgehead atoms. The quantitative estimate of drug-likeness (QED) is 0.513. The summed E-state index contributed by atoms with van der Waals surface area (Å²) in [7, 11) is 0. The van der Waals surface area contributed by atoms with Gasteiger partial charge in [-0.05, 0) is 25.5 Å². The van der Waals surface area contributed by atoms with Crippen molar-refractivity contribution in [3.05, 3.63) is 12.2 Å². The number of nitrogens with one attached hydrogen (secondary N) is 1. The highest BCUT2D eigenvalue weighted by atomic mass is 32.2. The van der Waals surface area contributed by atoms with Gasteiger partial charge >= 0.3 is 0 Å². The van der Waals surface area contributed by atoms with Crippen LogP contribution >= 0.6 is 11.8 Å². The summed E-state index contributed by atoms with van der Waals surface area (Å²) in [5, 5.41) is 3.51. The Labute approximate surface area is 73.6 Å². The zero-order valence-electron chi connectivity index (χ0n) is 7.18. The van der Waals surface area contributed by atoms with Crippen molar-refractivity contribution in [2.45, 2.75) is 25.3 Å². The van der Waals surface area contributed by atoms with E-state index in [1.165, 1.54) is 25.0 Å². The van der Waals surface area contributed by atoms with Gasteiger partial charge in [-0.15, -0.1) is 0 Å². The van der Waals surface area contributed by atoms with Crippen LogP contribution in [0.5, 0.6) is 0 Å². The summed E-state index contributed by atoms with van der Waals surface area (Å²) in [5.74, 6) is 1.23. The third-order valence-corrected chi connectivity index (χ3v) is 2.58. The van der Waals surface area contributed by atoms with Gasteiger partial charge in [0, 0.05) is 18.3 Å². The fraction of sp³-hybridized carbons (Fsp3) is 0.778. The van der Waals surface area contributed by atoms with Crippen molar-refractivity contribution in [1.29, 1.82) is 0 Å². The molecule has 1 rings (SSSR count). The SMILES string of the molecule is CSCCNC1C=CCCC1. The lowest BCUT2D eigenvalue weighted by Gasteiger charge is -2.17. The fourth-order valence-corrected chi connectivity index (χ4v) is 1.65. The van der Waals surface area contributed by atoms with E-state index in [9.17, 15) is 0 Å². The van der Waals surface area contributed by atoms with Crippen molar-refractivity contribution < 1.29 is 0 Å². The summed E-state index contributed by atoms with van der Waals surface area (Å²) in [4.78, 5) is 0. The van der Waals surface area contributed by atoms with E-state index in [-0.39, 0.29) is 0 Å². The third kappa shape index (κ3) is 3.82. The van der Waals surface area contributed by atoms with E-state index in [0.29, 0.717) is 6.04 Å². The van der Waals surface area contributed by atoms with E-state index < -0.39 is 0 Å². The molecule has 1 nitrogen and oxygen atoms in total. The molecular weight excluding hydrogens is 154 g/mol. The summed E-state index contributed by atoms with van der Waals surface area (Å²) >= 11 is 1.90. The molecule has 0 radical (unpaired) electrons. The van der Waals surface area contributed by atoms with Gasteiger partial charge < -0.3 is 5.32 Å². The van der Waals surface area contributed by atoms with Crippen LogP contribution in [0.2, 0.25) is 0 Å². The van der Waals surface area contributed by atoms with Crippen LogP contribution in [0.15, 0.2) is 12.2 Å². The standard InChI is InChI=1S/C9H17NS/c1-11-8-7-10-9-5-3-2-4-6-9/h3,5,9-10H,2,4,6-8H2,1H3. The molecule has 0 aromatic heterocycles. The van der Waals surface area contributed by atoms with E-state index in [1.54, 1.807) is 0 Å². The molecule has 0 heterocycles. The van der Waals surface area contributed by atoms with Gasteiger partial charge in [0.25, 0.3) is 0 Å². The van der Waals surface area contributed by atoms with Crippen LogP contribution in [0.25, 0.3) is 0 Å². The normalized spacial score (nSPS) is 23.9. The van der Waals surface area contributed by atoms with Gasteiger partial charge in [-0.3, -0.25) is 0 Å². The molecule has 0 saturated carbocycles. The lowest BCUT2D eigenvalue weighted by Crippen LogP contribution is -2.30. The molecule has 1 atom stereocenters. The van der Waals surface area contributed by atoms with Gasteiger partial charge in [-0.2, -0.15) is 11.8 Å². The summed E-state index contributed by atoms with van der Waals surface area (Å²) in [6, 6.07) is 0.663. The van der Waals surface area contributed by atoms with E-state index in [0.717, 1.165) is 6.54 Å². The van der Waals surface area contributed by atoms with Crippen molar-refractivity contribution in [1.82, 2.24) is 5.32 Å². The Morgan fingerprint density at radius 1 is 1.64 bits per heavy atom. The molecule has 1 aliphatic rings. The van der Waals surface area contributed by atoms with E-state index in [4.69, 9.17) is 0 Å². The minimum Gasteiger partial charge on any atom is -0.310 e. The van der Waals surface area contributed by atoms with Gasteiger partial charge in [0.1, 0.15) is 0 Å². The molecule has 0 fully saturated rings. The van der Waals surface area contributed by atoms with Crippen LogP contribution in [0.1, 0.15) is 19.3 Å². The molecule has 64 valence electrons. The van der Waals surface area contributed by atoms with Crippen LogP contribution in [0.3, 0.4) is 0 Å². The second-order valence-corrected chi connectivity index (χ2v) is 3.90. The molecule has 1 aliphatic carbocycles. The second-order valence-electron chi connectivity index (χ2n) is 2.91. The van der Waals surface area contributed by atoms with Crippen molar-refractivity contribution in [2.24, 2.45) is 0 Å². The highest BCUT2D eigenvalue weighted by Gasteiger charge is 2.05. The maximum atomic E-state index is 3.51. The van der Waals surface area contributed by atoms with Crippen LogP contribution in [-0.2, 0) is 0 Å². The third-order valence-electron chi connectivity index (χ3n) is 1.97. The number of hydrogen-bond acceptors (Lipinski definition) is 2. The summed E-state index contributed by atoms with van der Waals surface area (Å²) in [5.41, 5.74) is 0. The van der Waals surface area contributed by atoms with Gasteiger partial charge in [0.2, 0.25) is 0 Å². The lowest BCUT2D eigenvalue weighted by molar-refractivity contribution is 0.539. The fourth-order valence-electron chi connectivity index (χ4n) is 1.33. The molecular formula is C9H17NS. The number of allylic oxidation sites excluding steroid dienone is 1. The first-order chi connectivity index (χ1) is 5.43. The first-order valence-electron chi connectivity index (χ1n) is 4.32. The summed E-state index contributed by atoms with van der Waals surface area (Å²) < 4.78 is 0. The van der Waals surface area contributed by atoms with E-state index in [1.807, 2.05) is 11.8 Å². The van der Waals surface area contributed by atoms with E-state index >= 15 is 0 Å². The van der Waals surface area contributed by atoms with Crippen LogP contribution < -0.4 is 5.32 Å². The first-order valence-corrected chi connectivity index (χ1v) is 5.72. The average Bonchev–Trinajstić information content (AvgIpc) is 2.07. The Bertz CT molecular complexity index is 123. The van der Waals surface area contributed by atoms with Crippen LogP contribution in [-0.4, -0.2) is 24.6 Å². The molecule has 0 aromatic carbocycles. The molecule has 1 N–H and O–H groups in total. The molecule has 0 aliphatic heterocycles. The maximum Gasteiger partial charge on any atom is 0.0250 e. The minimum atomic E-state index is 0.663. The number of rotatable bonds is 4. The molecule has 1 unspecified atom stereocenters. The van der Waals surface area contributed by atoms with Crippen molar-refractivity contribution in [3.63, 3.8) is 0 Å². The summed E-state index contributed by atoms with van der Waals surface area (Å²) in [6.07, 6.45) is 10.7. The van der Waals surface area contributed by atoms with E-state index in [2.05, 4.69) is 23.7 Å². The van der Waals surface area contributed by atoms with Crippen molar-refractivity contribution in [3.8, 4) is 0 Å². The number of thioether (sulfide) groups is 1. The Morgan fingerprint density at radius 2 is 2.55 bits per heavy atom. The first kappa shape index (κ1) is 9.14. The zero-order valence-corrected chi connectivity index (χ0v) is 7.99. The predicted molar refractivity (Wildman–Crippen MR) is 53.2 cm³/mol.